The zero-order valence-electron chi connectivity index (χ0n) is 10.5. The van der Waals surface area contributed by atoms with E-state index in [4.69, 9.17) is 28.9 Å². The topological polar surface area (TPSA) is 63.4 Å². The number of hydrogen-bond donors (Lipinski definition) is 1. The molecule has 0 aliphatic carbocycles. The molecule has 106 valence electrons. The molecule has 2 N–H and O–H groups in total. The van der Waals surface area contributed by atoms with E-state index in [0.717, 1.165) is 6.42 Å². The second kappa shape index (κ2) is 5.58. The maximum Gasteiger partial charge on any atom is 0.244 e. The van der Waals surface area contributed by atoms with E-state index in [1.807, 2.05) is 6.92 Å². The van der Waals surface area contributed by atoms with Crippen molar-refractivity contribution >= 4 is 33.2 Å². The third-order valence-corrected chi connectivity index (χ3v) is 5.72. The normalized spacial score (nSPS) is 25.5. The zero-order valence-corrected chi connectivity index (χ0v) is 12.8. The molecule has 2 unspecified atom stereocenters. The van der Waals surface area contributed by atoms with Crippen LogP contribution in [0.4, 0.5) is 0 Å². The predicted molar refractivity (Wildman–Crippen MR) is 77.0 cm³/mol. The highest BCUT2D eigenvalue weighted by Gasteiger charge is 2.33. The first-order valence-electron chi connectivity index (χ1n) is 6.01. The van der Waals surface area contributed by atoms with Gasteiger partial charge in [-0.05, 0) is 30.5 Å². The van der Waals surface area contributed by atoms with Crippen molar-refractivity contribution < 1.29 is 8.42 Å². The molecule has 0 bridgehead atoms. The molecular formula is C12H16Cl2N2O2S. The first-order valence-corrected chi connectivity index (χ1v) is 8.21. The number of sulfonamides is 1. The maximum atomic E-state index is 12.6. The van der Waals surface area contributed by atoms with Crippen LogP contribution in [0.3, 0.4) is 0 Å². The number of halogens is 2. The van der Waals surface area contributed by atoms with E-state index in [0.29, 0.717) is 18.1 Å². The Hall–Kier alpha value is -0.330. The summed E-state index contributed by atoms with van der Waals surface area (Å²) in [7, 11) is -3.64. The van der Waals surface area contributed by atoms with E-state index in [1.165, 1.54) is 16.4 Å². The summed E-state index contributed by atoms with van der Waals surface area (Å²) in [6.45, 7) is 2.76. The Morgan fingerprint density at radius 3 is 2.63 bits per heavy atom. The summed E-state index contributed by atoms with van der Waals surface area (Å²) in [5.41, 5.74) is 5.89. The number of hydrogen-bond acceptors (Lipinski definition) is 3. The molecule has 1 heterocycles. The molecule has 0 aromatic heterocycles. The standard InChI is InChI=1S/C12H16Cl2N2O2S/c1-8-4-10(15)7-16(6-8)19(17,18)12-5-9(13)2-3-11(12)14/h2-3,5,8,10H,4,6-7,15H2,1H3. The number of piperidine rings is 1. The lowest BCUT2D eigenvalue weighted by Crippen LogP contribution is -2.48. The van der Waals surface area contributed by atoms with Crippen molar-refractivity contribution in [3.05, 3.63) is 28.2 Å². The van der Waals surface area contributed by atoms with Gasteiger partial charge in [-0.3, -0.25) is 0 Å². The van der Waals surface area contributed by atoms with Crippen LogP contribution in [0.5, 0.6) is 0 Å². The van der Waals surface area contributed by atoms with Gasteiger partial charge in [0.25, 0.3) is 0 Å². The summed E-state index contributed by atoms with van der Waals surface area (Å²) in [6.07, 6.45) is 0.829. The van der Waals surface area contributed by atoms with E-state index in [-0.39, 0.29) is 21.9 Å². The van der Waals surface area contributed by atoms with Crippen LogP contribution in [-0.2, 0) is 10.0 Å². The van der Waals surface area contributed by atoms with Crippen molar-refractivity contribution in [1.29, 1.82) is 0 Å². The van der Waals surface area contributed by atoms with Crippen LogP contribution in [-0.4, -0.2) is 31.9 Å². The Labute approximate surface area is 123 Å². The molecule has 0 saturated carbocycles. The second-order valence-electron chi connectivity index (χ2n) is 5.00. The Morgan fingerprint density at radius 1 is 1.32 bits per heavy atom. The molecule has 19 heavy (non-hydrogen) atoms. The zero-order chi connectivity index (χ0) is 14.2. The van der Waals surface area contributed by atoms with E-state index in [1.54, 1.807) is 6.07 Å². The van der Waals surface area contributed by atoms with Crippen molar-refractivity contribution in [2.75, 3.05) is 13.1 Å². The molecule has 1 aromatic rings. The van der Waals surface area contributed by atoms with Gasteiger partial charge in [0.2, 0.25) is 10.0 Å². The summed E-state index contributed by atoms with van der Waals surface area (Å²) in [5.74, 6) is 0.233. The van der Waals surface area contributed by atoms with Crippen LogP contribution in [0, 0.1) is 5.92 Å². The highest BCUT2D eigenvalue weighted by Crippen LogP contribution is 2.30. The summed E-state index contributed by atoms with van der Waals surface area (Å²) in [4.78, 5) is 0.0444. The quantitative estimate of drug-likeness (QED) is 0.909. The van der Waals surface area contributed by atoms with Gasteiger partial charge in [-0.2, -0.15) is 4.31 Å². The van der Waals surface area contributed by atoms with Crippen molar-refractivity contribution in [3.8, 4) is 0 Å². The maximum absolute atomic E-state index is 12.6. The van der Waals surface area contributed by atoms with Crippen LogP contribution in [0.2, 0.25) is 10.0 Å². The minimum absolute atomic E-state index is 0.0444. The minimum atomic E-state index is -3.64. The lowest BCUT2D eigenvalue weighted by molar-refractivity contribution is 0.254. The van der Waals surface area contributed by atoms with Crippen molar-refractivity contribution in [2.45, 2.75) is 24.3 Å². The number of nitrogens with two attached hydrogens (primary N) is 1. The Kier molecular flexibility index (Phi) is 4.42. The van der Waals surface area contributed by atoms with Gasteiger partial charge in [0, 0.05) is 24.2 Å². The van der Waals surface area contributed by atoms with E-state index >= 15 is 0 Å². The van der Waals surface area contributed by atoms with Crippen LogP contribution < -0.4 is 5.73 Å². The van der Waals surface area contributed by atoms with Crippen molar-refractivity contribution in [2.24, 2.45) is 11.7 Å². The van der Waals surface area contributed by atoms with Gasteiger partial charge in [-0.25, -0.2) is 8.42 Å². The van der Waals surface area contributed by atoms with Crippen LogP contribution in [0.15, 0.2) is 23.1 Å². The van der Waals surface area contributed by atoms with Gasteiger partial charge in [-0.15, -0.1) is 0 Å². The Balaban J connectivity index is 2.39. The van der Waals surface area contributed by atoms with Crippen molar-refractivity contribution in [3.63, 3.8) is 0 Å². The average Bonchev–Trinajstić information content (AvgIpc) is 2.31. The summed E-state index contributed by atoms with van der Waals surface area (Å²) in [6, 6.07) is 4.29. The van der Waals surface area contributed by atoms with E-state index in [9.17, 15) is 8.42 Å². The van der Waals surface area contributed by atoms with Gasteiger partial charge < -0.3 is 5.73 Å². The third kappa shape index (κ3) is 3.23. The van der Waals surface area contributed by atoms with Crippen LogP contribution in [0.1, 0.15) is 13.3 Å². The minimum Gasteiger partial charge on any atom is -0.326 e. The number of benzene rings is 1. The molecule has 7 heteroatoms. The average molecular weight is 323 g/mol. The molecule has 1 aliphatic rings. The molecule has 0 amide bonds. The first-order chi connectivity index (χ1) is 8.80. The largest absolute Gasteiger partial charge is 0.326 e. The van der Waals surface area contributed by atoms with E-state index < -0.39 is 10.0 Å². The van der Waals surface area contributed by atoms with Crippen molar-refractivity contribution in [1.82, 2.24) is 4.31 Å². The second-order valence-corrected chi connectivity index (χ2v) is 7.75. The Morgan fingerprint density at radius 2 is 2.00 bits per heavy atom. The molecule has 4 nitrogen and oxygen atoms in total. The SMILES string of the molecule is CC1CC(N)CN(S(=O)(=O)c2cc(Cl)ccc2Cl)C1. The van der Waals surface area contributed by atoms with Gasteiger partial charge in [0.1, 0.15) is 4.90 Å². The predicted octanol–water partition coefficient (Wildman–Crippen LogP) is 2.35. The summed E-state index contributed by atoms with van der Waals surface area (Å²) < 4.78 is 26.5. The molecule has 0 radical (unpaired) electrons. The smallest absolute Gasteiger partial charge is 0.244 e. The number of nitrogens with zero attached hydrogens (tertiary/aromatic N) is 1. The van der Waals surface area contributed by atoms with Crippen LogP contribution >= 0.6 is 23.2 Å². The fourth-order valence-corrected chi connectivity index (χ4v) is 4.71. The molecule has 1 aliphatic heterocycles. The fraction of sp³-hybridized carbons (Fsp3) is 0.500. The monoisotopic (exact) mass is 322 g/mol. The third-order valence-electron chi connectivity index (χ3n) is 3.17. The van der Waals surface area contributed by atoms with Crippen LogP contribution in [0.25, 0.3) is 0 Å². The van der Waals surface area contributed by atoms with E-state index in [2.05, 4.69) is 0 Å². The van der Waals surface area contributed by atoms with Gasteiger partial charge in [0.05, 0.1) is 5.02 Å². The highest BCUT2D eigenvalue weighted by molar-refractivity contribution is 7.89. The molecular weight excluding hydrogens is 307 g/mol. The van der Waals surface area contributed by atoms with Gasteiger partial charge in [-0.1, -0.05) is 30.1 Å². The molecule has 2 rings (SSSR count). The molecule has 0 spiro atoms. The van der Waals surface area contributed by atoms with Gasteiger partial charge >= 0.3 is 0 Å². The first kappa shape index (κ1) is 15.1. The van der Waals surface area contributed by atoms with Gasteiger partial charge in [0.15, 0.2) is 0 Å². The number of rotatable bonds is 2. The highest BCUT2D eigenvalue weighted by atomic mass is 35.5. The summed E-state index contributed by atoms with van der Waals surface area (Å²) >= 11 is 11.8. The lowest BCUT2D eigenvalue weighted by atomic mass is 9.99. The summed E-state index contributed by atoms with van der Waals surface area (Å²) in [5, 5.41) is 0.522. The molecule has 1 fully saturated rings. The molecule has 1 saturated heterocycles. The molecule has 2 atom stereocenters. The lowest BCUT2D eigenvalue weighted by Gasteiger charge is -2.34. The molecule has 1 aromatic carbocycles. The fourth-order valence-electron chi connectivity index (χ4n) is 2.36. The Bertz CT molecular complexity index is 567.